The molecule has 0 aliphatic carbocycles. The number of benzene rings is 2. The van der Waals surface area contributed by atoms with Crippen LogP contribution in [0.3, 0.4) is 0 Å². The SMILES string of the molecule is COc1ccc(CCNc2ccnc(Nc3cc(C)ccc3C)n2)cc1OC. The number of rotatable bonds is 8. The molecule has 0 amide bonds. The summed E-state index contributed by atoms with van der Waals surface area (Å²) in [6, 6.07) is 14.1. The van der Waals surface area contributed by atoms with Crippen molar-refractivity contribution in [3.05, 3.63) is 65.4 Å². The third-order valence-electron chi connectivity index (χ3n) is 4.46. The van der Waals surface area contributed by atoms with Gasteiger partial charge in [-0.2, -0.15) is 4.98 Å². The highest BCUT2D eigenvalue weighted by atomic mass is 16.5. The Morgan fingerprint density at radius 3 is 2.54 bits per heavy atom. The van der Waals surface area contributed by atoms with Crippen LogP contribution >= 0.6 is 0 Å². The van der Waals surface area contributed by atoms with Crippen LogP contribution in [0.5, 0.6) is 11.5 Å². The molecule has 0 saturated carbocycles. The standard InChI is InChI=1S/C22H26N4O2/c1-15-5-6-16(2)18(13-15)25-22-24-12-10-21(26-22)23-11-9-17-7-8-19(27-3)20(14-17)28-4/h5-8,10,12-14H,9,11H2,1-4H3,(H2,23,24,25,26). The van der Waals surface area contributed by atoms with Crippen LogP contribution in [0.4, 0.5) is 17.5 Å². The zero-order chi connectivity index (χ0) is 19.9. The van der Waals surface area contributed by atoms with E-state index in [0.717, 1.165) is 47.1 Å². The van der Waals surface area contributed by atoms with Crippen molar-refractivity contribution in [3.8, 4) is 11.5 Å². The maximum atomic E-state index is 5.36. The molecular formula is C22H26N4O2. The summed E-state index contributed by atoms with van der Waals surface area (Å²) in [5.74, 6) is 2.83. The lowest BCUT2D eigenvalue weighted by Crippen LogP contribution is -2.08. The fourth-order valence-electron chi connectivity index (χ4n) is 2.88. The van der Waals surface area contributed by atoms with Crippen LogP contribution < -0.4 is 20.1 Å². The minimum absolute atomic E-state index is 0.574. The summed E-state index contributed by atoms with van der Waals surface area (Å²) in [6.45, 7) is 4.88. The van der Waals surface area contributed by atoms with E-state index in [1.165, 1.54) is 5.56 Å². The van der Waals surface area contributed by atoms with Crippen molar-refractivity contribution in [2.75, 3.05) is 31.4 Å². The zero-order valence-corrected chi connectivity index (χ0v) is 16.7. The highest BCUT2D eigenvalue weighted by molar-refractivity contribution is 5.60. The third-order valence-corrected chi connectivity index (χ3v) is 4.46. The second kappa shape index (κ2) is 9.08. The molecule has 0 atom stereocenters. The van der Waals surface area contributed by atoms with Crippen molar-refractivity contribution in [1.29, 1.82) is 0 Å². The first-order chi connectivity index (χ1) is 13.6. The van der Waals surface area contributed by atoms with Gasteiger partial charge in [-0.25, -0.2) is 4.98 Å². The first kappa shape index (κ1) is 19.5. The van der Waals surface area contributed by atoms with Gasteiger partial charge in [0.25, 0.3) is 0 Å². The van der Waals surface area contributed by atoms with E-state index in [1.54, 1.807) is 20.4 Å². The van der Waals surface area contributed by atoms with Gasteiger partial charge >= 0.3 is 0 Å². The van der Waals surface area contributed by atoms with E-state index < -0.39 is 0 Å². The average molecular weight is 378 g/mol. The van der Waals surface area contributed by atoms with E-state index in [1.807, 2.05) is 24.3 Å². The van der Waals surface area contributed by atoms with Crippen LogP contribution in [-0.4, -0.2) is 30.7 Å². The molecule has 0 fully saturated rings. The maximum Gasteiger partial charge on any atom is 0.229 e. The van der Waals surface area contributed by atoms with Gasteiger partial charge in [0.2, 0.25) is 5.95 Å². The molecule has 6 nitrogen and oxygen atoms in total. The number of nitrogens with one attached hydrogen (secondary N) is 2. The predicted molar refractivity (Wildman–Crippen MR) is 113 cm³/mol. The normalized spacial score (nSPS) is 10.4. The molecule has 28 heavy (non-hydrogen) atoms. The number of methoxy groups -OCH3 is 2. The quantitative estimate of drug-likeness (QED) is 0.601. The molecule has 0 spiro atoms. The zero-order valence-electron chi connectivity index (χ0n) is 16.7. The molecule has 3 rings (SSSR count). The highest BCUT2D eigenvalue weighted by Gasteiger charge is 2.06. The van der Waals surface area contributed by atoms with Crippen molar-refractivity contribution in [3.63, 3.8) is 0 Å². The van der Waals surface area contributed by atoms with Gasteiger partial charge < -0.3 is 20.1 Å². The lowest BCUT2D eigenvalue weighted by Gasteiger charge is -2.12. The second-order valence-corrected chi connectivity index (χ2v) is 6.57. The van der Waals surface area contributed by atoms with Crippen molar-refractivity contribution in [2.24, 2.45) is 0 Å². The fraction of sp³-hybridized carbons (Fsp3) is 0.273. The van der Waals surface area contributed by atoms with Crippen molar-refractivity contribution in [2.45, 2.75) is 20.3 Å². The lowest BCUT2D eigenvalue weighted by atomic mass is 10.1. The van der Waals surface area contributed by atoms with Crippen molar-refractivity contribution < 1.29 is 9.47 Å². The summed E-state index contributed by atoms with van der Waals surface area (Å²) in [6.07, 6.45) is 2.59. The van der Waals surface area contributed by atoms with Gasteiger partial charge in [-0.05, 0) is 61.2 Å². The van der Waals surface area contributed by atoms with Crippen LogP contribution in [0.1, 0.15) is 16.7 Å². The predicted octanol–water partition coefficient (Wildman–Crippen LogP) is 4.51. The fourth-order valence-corrected chi connectivity index (χ4v) is 2.88. The molecule has 0 radical (unpaired) electrons. The van der Waals surface area contributed by atoms with Crippen LogP contribution in [0.15, 0.2) is 48.7 Å². The molecule has 0 bridgehead atoms. The number of hydrogen-bond donors (Lipinski definition) is 2. The Labute approximate surface area is 166 Å². The van der Waals surface area contributed by atoms with E-state index in [0.29, 0.717) is 5.95 Å². The first-order valence-corrected chi connectivity index (χ1v) is 9.21. The summed E-state index contributed by atoms with van der Waals surface area (Å²) >= 11 is 0. The van der Waals surface area contributed by atoms with E-state index >= 15 is 0 Å². The average Bonchev–Trinajstić information content (AvgIpc) is 2.71. The highest BCUT2D eigenvalue weighted by Crippen LogP contribution is 2.27. The van der Waals surface area contributed by atoms with Crippen molar-refractivity contribution in [1.82, 2.24) is 9.97 Å². The van der Waals surface area contributed by atoms with E-state index in [4.69, 9.17) is 9.47 Å². The minimum Gasteiger partial charge on any atom is -0.493 e. The summed E-state index contributed by atoms with van der Waals surface area (Å²) in [7, 11) is 3.28. The Morgan fingerprint density at radius 1 is 0.929 bits per heavy atom. The molecule has 2 aromatic carbocycles. The number of anilines is 3. The molecular weight excluding hydrogens is 352 g/mol. The van der Waals surface area contributed by atoms with Gasteiger partial charge in [-0.3, -0.25) is 0 Å². The minimum atomic E-state index is 0.574. The summed E-state index contributed by atoms with van der Waals surface area (Å²) in [5.41, 5.74) is 4.52. The number of nitrogens with zero attached hydrogens (tertiary/aromatic N) is 2. The van der Waals surface area contributed by atoms with Crippen LogP contribution in [0.25, 0.3) is 0 Å². The van der Waals surface area contributed by atoms with Gasteiger partial charge in [-0.1, -0.05) is 18.2 Å². The topological polar surface area (TPSA) is 68.3 Å². The number of ether oxygens (including phenoxy) is 2. The Hall–Kier alpha value is -3.28. The van der Waals surface area contributed by atoms with E-state index in [-0.39, 0.29) is 0 Å². The smallest absolute Gasteiger partial charge is 0.229 e. The molecule has 0 aliphatic heterocycles. The van der Waals surface area contributed by atoms with E-state index in [2.05, 4.69) is 52.6 Å². The van der Waals surface area contributed by atoms with E-state index in [9.17, 15) is 0 Å². The Morgan fingerprint density at radius 2 is 1.75 bits per heavy atom. The number of aromatic nitrogens is 2. The molecule has 3 aromatic rings. The van der Waals surface area contributed by atoms with Gasteiger partial charge in [0.05, 0.1) is 14.2 Å². The molecule has 0 aliphatic rings. The Kier molecular flexibility index (Phi) is 6.32. The first-order valence-electron chi connectivity index (χ1n) is 9.21. The maximum absolute atomic E-state index is 5.36. The molecule has 2 N–H and O–H groups in total. The van der Waals surface area contributed by atoms with Gasteiger partial charge in [-0.15, -0.1) is 0 Å². The molecule has 1 heterocycles. The summed E-state index contributed by atoms with van der Waals surface area (Å²) in [5, 5.41) is 6.64. The number of hydrogen-bond acceptors (Lipinski definition) is 6. The van der Waals surface area contributed by atoms with Gasteiger partial charge in [0, 0.05) is 18.4 Å². The lowest BCUT2D eigenvalue weighted by molar-refractivity contribution is 0.354. The Balaban J connectivity index is 1.61. The molecule has 0 unspecified atom stereocenters. The largest absolute Gasteiger partial charge is 0.493 e. The summed E-state index contributed by atoms with van der Waals surface area (Å²) < 4.78 is 10.6. The molecule has 146 valence electrons. The third kappa shape index (κ3) is 4.91. The molecule has 6 heteroatoms. The van der Waals surface area contributed by atoms with Crippen LogP contribution in [0, 0.1) is 13.8 Å². The van der Waals surface area contributed by atoms with Crippen LogP contribution in [0.2, 0.25) is 0 Å². The van der Waals surface area contributed by atoms with Gasteiger partial charge in [0.1, 0.15) is 5.82 Å². The molecule has 1 aromatic heterocycles. The summed E-state index contributed by atoms with van der Waals surface area (Å²) in [4.78, 5) is 8.87. The monoisotopic (exact) mass is 378 g/mol. The van der Waals surface area contributed by atoms with Crippen LogP contribution in [-0.2, 0) is 6.42 Å². The number of aryl methyl sites for hydroxylation is 2. The van der Waals surface area contributed by atoms with Gasteiger partial charge in [0.15, 0.2) is 11.5 Å². The van der Waals surface area contributed by atoms with Crippen molar-refractivity contribution >= 4 is 17.5 Å². The molecule has 0 saturated heterocycles. The second-order valence-electron chi connectivity index (χ2n) is 6.57. The Bertz CT molecular complexity index is 944.